The number of carbonyl (C=O) groups is 1. The highest BCUT2D eigenvalue weighted by atomic mass is 16.7. The number of esters is 1. The van der Waals surface area contributed by atoms with E-state index in [0.29, 0.717) is 17.6 Å². The minimum absolute atomic E-state index is 0.418. The second kappa shape index (κ2) is 8.81. The molecule has 2 fully saturated rings. The molecular formula is C33H38B2O6. The van der Waals surface area contributed by atoms with Crippen molar-refractivity contribution in [2.45, 2.75) is 89.8 Å². The van der Waals surface area contributed by atoms with Crippen LogP contribution in [0.15, 0.2) is 72.9 Å². The van der Waals surface area contributed by atoms with Crippen LogP contribution in [0.5, 0.6) is 0 Å². The predicted octanol–water partition coefficient (Wildman–Crippen LogP) is 4.66. The minimum atomic E-state index is -1.14. The van der Waals surface area contributed by atoms with Gasteiger partial charge in [-0.1, -0.05) is 61.7 Å². The maximum Gasteiger partial charge on any atom is 0.494 e. The molecule has 0 amide bonds. The van der Waals surface area contributed by atoms with Crippen molar-refractivity contribution < 1.29 is 28.1 Å². The summed E-state index contributed by atoms with van der Waals surface area (Å²) in [5.41, 5.74) is 3.79. The highest BCUT2D eigenvalue weighted by molar-refractivity contribution is 6.62. The Labute approximate surface area is 244 Å². The van der Waals surface area contributed by atoms with Crippen molar-refractivity contribution in [2.24, 2.45) is 0 Å². The highest BCUT2D eigenvalue weighted by Gasteiger charge is 2.56. The molecule has 6 rings (SSSR count). The molecule has 8 heteroatoms. The molecule has 0 atom stereocenters. The normalized spacial score (nSPS) is 24.3. The summed E-state index contributed by atoms with van der Waals surface area (Å²) in [5, 5.41) is 0. The molecule has 2 aromatic rings. The van der Waals surface area contributed by atoms with Crippen LogP contribution >= 0.6 is 0 Å². The van der Waals surface area contributed by atoms with Gasteiger partial charge in [-0.15, -0.1) is 0 Å². The zero-order chi connectivity index (χ0) is 29.8. The number of fused-ring (bicyclic) bond motifs is 4. The van der Waals surface area contributed by atoms with E-state index in [0.717, 1.165) is 33.2 Å². The Bertz CT molecular complexity index is 1410. The Morgan fingerprint density at radius 3 is 1.46 bits per heavy atom. The third kappa shape index (κ3) is 3.91. The van der Waals surface area contributed by atoms with E-state index in [-0.39, 0.29) is 0 Å². The van der Waals surface area contributed by atoms with Gasteiger partial charge in [0.05, 0.1) is 28.0 Å². The number of hydrogen-bond acceptors (Lipinski definition) is 6. The zero-order valence-electron chi connectivity index (χ0n) is 25.3. The topological polar surface area (TPSA) is 63.2 Å². The quantitative estimate of drug-likeness (QED) is 0.407. The lowest BCUT2D eigenvalue weighted by molar-refractivity contribution is -0.144. The molecule has 6 nitrogen and oxygen atoms in total. The van der Waals surface area contributed by atoms with Gasteiger partial charge in [0.2, 0.25) is 0 Å². The molecule has 0 bridgehead atoms. The number of ether oxygens (including phenoxy) is 1. The van der Waals surface area contributed by atoms with Crippen molar-refractivity contribution in [3.63, 3.8) is 0 Å². The fraction of sp³-hybridized carbons (Fsp3) is 0.424. The van der Waals surface area contributed by atoms with Gasteiger partial charge >= 0.3 is 20.2 Å². The van der Waals surface area contributed by atoms with Crippen molar-refractivity contribution in [2.75, 3.05) is 0 Å². The molecule has 41 heavy (non-hydrogen) atoms. The van der Waals surface area contributed by atoms with Crippen LogP contribution in [-0.2, 0) is 40.2 Å². The average molecular weight is 552 g/mol. The maximum atomic E-state index is 13.2. The summed E-state index contributed by atoms with van der Waals surface area (Å²) in [6.45, 7) is 24.3. The van der Waals surface area contributed by atoms with Crippen molar-refractivity contribution in [3.8, 4) is 0 Å². The SMILES string of the molecule is C=CC1=C(C=C)C2(OC1=O)c1ccc(B3OC(C)(C)C(C)(C)O3)cc1Cc1cc(B3OC(C)(C)C(C)(C)O3)ccc12. The van der Waals surface area contributed by atoms with E-state index >= 15 is 0 Å². The van der Waals surface area contributed by atoms with Crippen LogP contribution in [0.4, 0.5) is 0 Å². The number of carbonyl (C=O) groups excluding carboxylic acids is 1. The summed E-state index contributed by atoms with van der Waals surface area (Å²) in [4.78, 5) is 13.2. The molecule has 1 spiro atoms. The van der Waals surface area contributed by atoms with Crippen molar-refractivity contribution in [3.05, 3.63) is 95.1 Å². The van der Waals surface area contributed by atoms with Gasteiger partial charge in [-0.25, -0.2) is 4.79 Å². The first-order chi connectivity index (χ1) is 19.1. The van der Waals surface area contributed by atoms with E-state index in [4.69, 9.17) is 23.4 Å². The monoisotopic (exact) mass is 552 g/mol. The van der Waals surface area contributed by atoms with E-state index in [1.54, 1.807) is 12.2 Å². The van der Waals surface area contributed by atoms with E-state index in [1.807, 2.05) is 79.7 Å². The van der Waals surface area contributed by atoms with Crippen molar-refractivity contribution in [1.29, 1.82) is 0 Å². The number of hydrogen-bond donors (Lipinski definition) is 0. The molecule has 3 aliphatic heterocycles. The third-order valence-corrected chi connectivity index (χ3v) is 9.99. The second-order valence-electron chi connectivity index (χ2n) is 13.5. The predicted molar refractivity (Wildman–Crippen MR) is 161 cm³/mol. The molecule has 0 saturated carbocycles. The fourth-order valence-electron chi connectivity index (χ4n) is 6.20. The van der Waals surface area contributed by atoms with Gasteiger partial charge in [-0.2, -0.15) is 0 Å². The summed E-state index contributed by atoms with van der Waals surface area (Å²) in [7, 11) is -1.02. The van der Waals surface area contributed by atoms with Crippen LogP contribution in [0.1, 0.15) is 77.6 Å². The van der Waals surface area contributed by atoms with Crippen molar-refractivity contribution in [1.82, 2.24) is 0 Å². The molecule has 0 unspecified atom stereocenters. The summed E-state index contributed by atoms with van der Waals surface area (Å²) in [6.07, 6.45) is 3.89. The molecule has 0 aromatic heterocycles. The largest absolute Gasteiger partial charge is 0.494 e. The average Bonchev–Trinajstić information content (AvgIpc) is 3.39. The van der Waals surface area contributed by atoms with E-state index in [1.165, 1.54) is 0 Å². The summed E-state index contributed by atoms with van der Waals surface area (Å²) < 4.78 is 31.8. The van der Waals surface area contributed by atoms with Gasteiger partial charge in [0.1, 0.15) is 0 Å². The lowest BCUT2D eigenvalue weighted by atomic mass is 9.66. The second-order valence-corrected chi connectivity index (χ2v) is 13.5. The van der Waals surface area contributed by atoms with E-state index in [9.17, 15) is 4.79 Å². The summed E-state index contributed by atoms with van der Waals surface area (Å²) in [6, 6.07) is 12.3. The molecule has 2 saturated heterocycles. The van der Waals surface area contributed by atoms with Gasteiger partial charge in [0.25, 0.3) is 0 Å². The van der Waals surface area contributed by atoms with Gasteiger partial charge in [-0.3, -0.25) is 0 Å². The Balaban J connectivity index is 1.50. The van der Waals surface area contributed by atoms with Crippen LogP contribution in [0.3, 0.4) is 0 Å². The van der Waals surface area contributed by atoms with Crippen LogP contribution < -0.4 is 10.9 Å². The lowest BCUT2D eigenvalue weighted by Crippen LogP contribution is -2.41. The molecule has 3 heterocycles. The molecule has 0 N–H and O–H groups in total. The maximum absolute atomic E-state index is 13.2. The molecular weight excluding hydrogens is 514 g/mol. The fourth-order valence-corrected chi connectivity index (χ4v) is 6.20. The van der Waals surface area contributed by atoms with Crippen LogP contribution in [0.2, 0.25) is 0 Å². The first kappa shape index (κ1) is 28.2. The standard InChI is InChI=1S/C33H38B2O6/c1-11-24-25(12-2)33(37-28(24)36)26-15-13-22(34-38-29(3,4)30(5,6)39-34)18-20(26)17-21-19-23(14-16-27(21)33)35-40-31(7,8)32(9,10)41-35/h11-16,18-19H,1-2,17H2,3-10H3. The Morgan fingerprint density at radius 1 is 0.683 bits per heavy atom. The van der Waals surface area contributed by atoms with Gasteiger partial charge in [0.15, 0.2) is 5.60 Å². The summed E-state index contributed by atoms with van der Waals surface area (Å²) >= 11 is 0. The van der Waals surface area contributed by atoms with Gasteiger partial charge < -0.3 is 23.4 Å². The smallest absolute Gasteiger partial charge is 0.441 e. The third-order valence-electron chi connectivity index (χ3n) is 9.99. The molecule has 4 aliphatic rings. The Hall–Kier alpha value is -2.90. The Kier molecular flexibility index (Phi) is 6.06. The molecule has 0 radical (unpaired) electrons. The molecule has 2 aromatic carbocycles. The first-order valence-electron chi connectivity index (χ1n) is 14.3. The van der Waals surface area contributed by atoms with Crippen LogP contribution in [0.25, 0.3) is 0 Å². The molecule has 1 aliphatic carbocycles. The molecule has 212 valence electrons. The zero-order valence-corrected chi connectivity index (χ0v) is 25.3. The van der Waals surface area contributed by atoms with Gasteiger partial charge in [0, 0.05) is 16.7 Å². The van der Waals surface area contributed by atoms with E-state index in [2.05, 4.69) is 25.3 Å². The van der Waals surface area contributed by atoms with E-state index < -0.39 is 48.2 Å². The lowest BCUT2D eigenvalue weighted by Gasteiger charge is -2.38. The Morgan fingerprint density at radius 2 is 1.10 bits per heavy atom. The first-order valence-corrected chi connectivity index (χ1v) is 14.3. The van der Waals surface area contributed by atoms with Gasteiger partial charge in [-0.05, 0) is 83.9 Å². The number of rotatable bonds is 4. The highest BCUT2D eigenvalue weighted by Crippen LogP contribution is 2.52. The van der Waals surface area contributed by atoms with Crippen LogP contribution in [-0.4, -0.2) is 42.6 Å². The van der Waals surface area contributed by atoms with Crippen molar-refractivity contribution >= 4 is 31.1 Å². The van der Waals surface area contributed by atoms with Crippen LogP contribution in [0, 0.1) is 0 Å². The minimum Gasteiger partial charge on any atom is -0.441 e. The number of benzene rings is 2. The summed E-state index contributed by atoms with van der Waals surface area (Å²) in [5.74, 6) is -0.418.